The van der Waals surface area contributed by atoms with Crippen molar-refractivity contribution >= 4 is 34.2 Å². The molecule has 1 aromatic carbocycles. The van der Waals surface area contributed by atoms with Gasteiger partial charge in [-0.15, -0.1) is 0 Å². The van der Waals surface area contributed by atoms with Crippen LogP contribution in [0.4, 0.5) is 27.5 Å². The molecule has 0 bridgehead atoms. The number of aliphatic hydroxyl groups excluding tert-OH is 1. The summed E-state index contributed by atoms with van der Waals surface area (Å²) in [5.41, 5.74) is 9.00. The number of nitrogens with two attached hydrogens (primary N) is 1. The minimum Gasteiger partial charge on any atom is -0.395 e. The van der Waals surface area contributed by atoms with Gasteiger partial charge in [0.1, 0.15) is 11.6 Å². The van der Waals surface area contributed by atoms with E-state index >= 15 is 4.39 Å². The van der Waals surface area contributed by atoms with E-state index in [9.17, 15) is 0 Å². The second-order valence-electron chi connectivity index (χ2n) is 9.38. The molecule has 4 N–H and O–H groups in total. The van der Waals surface area contributed by atoms with Crippen molar-refractivity contribution in [2.75, 3.05) is 55.3 Å². The highest BCUT2D eigenvalue weighted by atomic mass is 19.1. The molecule has 1 aliphatic heterocycles. The summed E-state index contributed by atoms with van der Waals surface area (Å²) in [6, 6.07) is 13.5. The zero-order valence-corrected chi connectivity index (χ0v) is 19.9. The average molecular weight is 489 g/mol. The van der Waals surface area contributed by atoms with Crippen LogP contribution in [0.25, 0.3) is 16.9 Å². The molecule has 3 aromatic heterocycles. The number of β-amino-alcohol motifs (C(OH)–C–C–N with tert-alkyl or cyclic N) is 1. The number of halogens is 1. The summed E-state index contributed by atoms with van der Waals surface area (Å²) in [6.07, 6.45) is 3.42. The molecule has 0 amide bonds. The van der Waals surface area contributed by atoms with Crippen LogP contribution < -0.4 is 16.0 Å². The molecule has 2 fully saturated rings. The third-order valence-corrected chi connectivity index (χ3v) is 6.91. The van der Waals surface area contributed by atoms with Crippen molar-refractivity contribution in [2.45, 2.75) is 18.8 Å². The molecule has 186 valence electrons. The Labute approximate surface area is 208 Å². The van der Waals surface area contributed by atoms with Crippen LogP contribution in [0.5, 0.6) is 0 Å². The number of piperazine rings is 1. The molecule has 4 aromatic rings. The van der Waals surface area contributed by atoms with Gasteiger partial charge in [0.15, 0.2) is 11.5 Å². The third-order valence-electron chi connectivity index (χ3n) is 6.91. The van der Waals surface area contributed by atoms with Gasteiger partial charge in [0.05, 0.1) is 17.7 Å². The molecule has 9 nitrogen and oxygen atoms in total. The number of aliphatic hydroxyl groups is 1. The highest BCUT2D eigenvalue weighted by Crippen LogP contribution is 2.45. The Balaban J connectivity index is 1.26. The monoisotopic (exact) mass is 488 g/mol. The summed E-state index contributed by atoms with van der Waals surface area (Å²) >= 11 is 0. The molecule has 36 heavy (non-hydrogen) atoms. The minimum atomic E-state index is -0.285. The maximum absolute atomic E-state index is 15.4. The van der Waals surface area contributed by atoms with Gasteiger partial charge in [-0.25, -0.2) is 14.4 Å². The van der Waals surface area contributed by atoms with E-state index in [-0.39, 0.29) is 18.3 Å². The van der Waals surface area contributed by atoms with Crippen LogP contribution in [0.15, 0.2) is 48.7 Å². The molecule has 2 aliphatic rings. The third kappa shape index (κ3) is 4.33. The summed E-state index contributed by atoms with van der Waals surface area (Å²) in [5.74, 6) is 1.18. The highest BCUT2D eigenvalue weighted by Gasteiger charge is 2.34. The van der Waals surface area contributed by atoms with E-state index in [1.54, 1.807) is 10.6 Å². The first kappa shape index (κ1) is 22.7. The minimum absolute atomic E-state index is 0.150. The number of benzene rings is 1. The van der Waals surface area contributed by atoms with Crippen molar-refractivity contribution < 1.29 is 9.50 Å². The molecule has 4 heterocycles. The predicted molar refractivity (Wildman–Crippen MR) is 138 cm³/mol. The number of nitrogens with zero attached hydrogens (tertiary/aromatic N) is 6. The number of rotatable bonds is 7. The van der Waals surface area contributed by atoms with Gasteiger partial charge in [-0.2, -0.15) is 4.98 Å². The first-order valence-electron chi connectivity index (χ1n) is 12.4. The molecule has 6 rings (SSSR count). The maximum Gasteiger partial charge on any atom is 0.229 e. The predicted octanol–water partition coefficient (Wildman–Crippen LogP) is 3.27. The first-order valence-corrected chi connectivity index (χ1v) is 12.4. The van der Waals surface area contributed by atoms with Crippen LogP contribution in [0, 0.1) is 5.82 Å². The molecule has 0 atom stereocenters. The molecule has 1 saturated carbocycles. The Morgan fingerprint density at radius 3 is 2.50 bits per heavy atom. The van der Waals surface area contributed by atoms with Crippen molar-refractivity contribution in [3.63, 3.8) is 0 Å². The molecule has 10 heteroatoms. The van der Waals surface area contributed by atoms with Gasteiger partial charge < -0.3 is 21.1 Å². The van der Waals surface area contributed by atoms with Crippen LogP contribution in [0.2, 0.25) is 0 Å². The highest BCUT2D eigenvalue weighted by molar-refractivity contribution is 5.81. The number of hydrogen-bond donors (Lipinski definition) is 3. The van der Waals surface area contributed by atoms with Crippen LogP contribution in [-0.2, 0) is 0 Å². The topological polar surface area (TPSA) is 108 Å². The van der Waals surface area contributed by atoms with E-state index in [0.29, 0.717) is 34.3 Å². The summed E-state index contributed by atoms with van der Waals surface area (Å²) in [7, 11) is 0. The number of nitrogens with one attached hydrogen (secondary N) is 1. The quantitative estimate of drug-likeness (QED) is 0.364. The van der Waals surface area contributed by atoms with Gasteiger partial charge in [-0.05, 0) is 49.2 Å². The van der Waals surface area contributed by atoms with Gasteiger partial charge in [0.25, 0.3) is 0 Å². The zero-order chi connectivity index (χ0) is 24.6. The number of hydrogen-bond acceptors (Lipinski definition) is 8. The van der Waals surface area contributed by atoms with Crippen LogP contribution in [0.3, 0.4) is 0 Å². The first-order chi connectivity index (χ1) is 17.6. The van der Waals surface area contributed by atoms with Gasteiger partial charge in [0.2, 0.25) is 5.95 Å². The Hall–Kier alpha value is -3.76. The fourth-order valence-electron chi connectivity index (χ4n) is 4.88. The molecule has 0 spiro atoms. The molecule has 0 unspecified atom stereocenters. The van der Waals surface area contributed by atoms with Crippen molar-refractivity contribution in [1.29, 1.82) is 0 Å². The summed E-state index contributed by atoms with van der Waals surface area (Å²) < 4.78 is 17.2. The van der Waals surface area contributed by atoms with E-state index in [2.05, 4.69) is 42.2 Å². The second kappa shape index (κ2) is 9.36. The van der Waals surface area contributed by atoms with Gasteiger partial charge >= 0.3 is 0 Å². The van der Waals surface area contributed by atoms with Crippen molar-refractivity contribution in [2.24, 2.45) is 0 Å². The number of nitrogen functional groups attached to an aromatic ring is 1. The number of fused-ring (bicyclic) bond motifs is 1. The van der Waals surface area contributed by atoms with E-state index in [1.807, 2.05) is 24.3 Å². The van der Waals surface area contributed by atoms with E-state index < -0.39 is 0 Å². The van der Waals surface area contributed by atoms with Crippen molar-refractivity contribution in [3.05, 3.63) is 60.2 Å². The lowest BCUT2D eigenvalue weighted by atomic mass is 10.2. The SMILES string of the molecule is Nc1cccc(-n2c(C3CC3)c(F)c3cnc(Nc4ccc(N5CCN(CCO)CC5)cc4)nc32)n1. The summed E-state index contributed by atoms with van der Waals surface area (Å²) in [4.78, 5) is 18.1. The second-order valence-corrected chi connectivity index (χ2v) is 9.38. The van der Waals surface area contributed by atoms with Gasteiger partial charge in [-0.1, -0.05) is 6.07 Å². The summed E-state index contributed by atoms with van der Waals surface area (Å²) in [5, 5.41) is 12.8. The Morgan fingerprint density at radius 1 is 1.03 bits per heavy atom. The molecular formula is C26H29FN8O. The smallest absolute Gasteiger partial charge is 0.229 e. The Morgan fingerprint density at radius 2 is 1.81 bits per heavy atom. The Bertz CT molecular complexity index is 1380. The molecule has 0 radical (unpaired) electrons. The van der Waals surface area contributed by atoms with E-state index in [4.69, 9.17) is 10.8 Å². The van der Waals surface area contributed by atoms with Crippen molar-refractivity contribution in [3.8, 4) is 5.82 Å². The standard InChI is InChI=1S/C26H29FN8O/c27-23-20-16-29-26(30-18-6-8-19(9-7-18)34-12-10-33(11-13-34)14-15-36)32-25(20)35(24(23)17-4-5-17)22-3-1-2-21(28)31-22/h1-3,6-9,16-17,36H,4-5,10-15H2,(H2,28,31)(H,29,30,32). The molecule has 1 saturated heterocycles. The largest absolute Gasteiger partial charge is 0.395 e. The lowest BCUT2D eigenvalue weighted by Crippen LogP contribution is -2.47. The van der Waals surface area contributed by atoms with Crippen molar-refractivity contribution in [1.82, 2.24) is 24.4 Å². The average Bonchev–Trinajstić information content (AvgIpc) is 3.69. The van der Waals surface area contributed by atoms with Crippen LogP contribution >= 0.6 is 0 Å². The zero-order valence-electron chi connectivity index (χ0n) is 19.9. The maximum atomic E-state index is 15.4. The fourth-order valence-corrected chi connectivity index (χ4v) is 4.88. The van der Waals surface area contributed by atoms with Gasteiger partial charge in [0, 0.05) is 56.2 Å². The number of aromatic nitrogens is 4. The number of pyridine rings is 1. The molecular weight excluding hydrogens is 459 g/mol. The number of anilines is 4. The normalized spacial score (nSPS) is 16.6. The van der Waals surface area contributed by atoms with Crippen LogP contribution in [-0.4, -0.2) is 68.9 Å². The Kier molecular flexibility index (Phi) is 5.90. The van der Waals surface area contributed by atoms with Gasteiger partial charge in [-0.3, -0.25) is 9.47 Å². The van der Waals surface area contributed by atoms with Crippen LogP contribution in [0.1, 0.15) is 24.5 Å². The summed E-state index contributed by atoms with van der Waals surface area (Å²) in [6.45, 7) is 4.66. The van der Waals surface area contributed by atoms with E-state index in [1.165, 1.54) is 6.20 Å². The lowest BCUT2D eigenvalue weighted by molar-refractivity contribution is 0.189. The molecule has 1 aliphatic carbocycles. The lowest BCUT2D eigenvalue weighted by Gasteiger charge is -2.35. The van der Waals surface area contributed by atoms with E-state index in [0.717, 1.165) is 56.9 Å². The fraction of sp³-hybridized carbons (Fsp3) is 0.346.